The molecule has 0 heterocycles. The van der Waals surface area contributed by atoms with Crippen LogP contribution in [0.5, 0.6) is 0 Å². The van der Waals surface area contributed by atoms with E-state index >= 15 is 0 Å². The number of halogens is 30. The normalized spacial score (nSPS) is 15.8. The van der Waals surface area contributed by atoms with Crippen LogP contribution >= 0.6 is 0 Å². The first-order chi connectivity index (χ1) is 29.1. The highest BCUT2D eigenvalue weighted by molar-refractivity contribution is 6.67. The molecule has 0 spiro atoms. The van der Waals surface area contributed by atoms with Crippen LogP contribution in [-0.2, 0) is 8.85 Å². The summed E-state index contributed by atoms with van der Waals surface area (Å²) in [5, 5.41) is 0. The molecule has 0 N–H and O–H groups in total. The summed E-state index contributed by atoms with van der Waals surface area (Å²) in [5.74, 6) is -66.6. The molecule has 0 aromatic rings. The van der Waals surface area contributed by atoms with Crippen LogP contribution < -0.4 is 0 Å². The van der Waals surface area contributed by atoms with Gasteiger partial charge in [-0.2, -0.15) is 43.9 Å². The van der Waals surface area contributed by atoms with E-state index in [0.29, 0.717) is 0 Å². The van der Waals surface area contributed by atoms with E-state index in [9.17, 15) is 132 Å². The van der Waals surface area contributed by atoms with Gasteiger partial charge in [-0.1, -0.05) is 0 Å². The molecule has 404 valence electrons. The maximum absolute atomic E-state index is 14.6. The minimum absolute atomic E-state index is 0.415. The molecule has 0 bridgehead atoms. The second-order valence-corrected chi connectivity index (χ2v) is 19.6. The molecule has 0 unspecified atom stereocenters. The molecule has 2 nitrogen and oxygen atoms in total. The highest BCUT2D eigenvalue weighted by Gasteiger charge is 2.65. The largest absolute Gasteiger partial charge is 0.453 e. The second-order valence-electron chi connectivity index (χ2n) is 16.2. The molecule has 0 fully saturated rings. The van der Waals surface area contributed by atoms with Gasteiger partial charge < -0.3 is 8.85 Å². The third-order valence-corrected chi connectivity index (χ3v) is 12.8. The molecule has 0 radical (unpaired) electrons. The molecule has 0 aliphatic carbocycles. The van der Waals surface area contributed by atoms with Gasteiger partial charge in [-0.25, -0.2) is 87.8 Å². The maximum Gasteiger partial charge on any atom is 0.453 e. The van der Waals surface area contributed by atoms with E-state index in [-0.39, 0.29) is 0 Å². The Hall–Kier alpha value is -1.96. The fourth-order valence-electron chi connectivity index (χ4n) is 6.77. The highest BCUT2D eigenvalue weighted by Crippen LogP contribution is 2.52. The molecular formula is C34H42F30O2Si. The molecule has 0 aromatic carbocycles. The van der Waals surface area contributed by atoms with E-state index in [1.54, 1.807) is 0 Å². The fraction of sp³-hybridized carbons (Fsp3) is 1.00. The zero-order valence-electron chi connectivity index (χ0n) is 34.4. The van der Waals surface area contributed by atoms with Crippen molar-refractivity contribution < 1.29 is 141 Å². The van der Waals surface area contributed by atoms with E-state index in [0.717, 1.165) is 0 Å². The van der Waals surface area contributed by atoms with E-state index in [1.165, 1.54) is 13.8 Å². The summed E-state index contributed by atoms with van der Waals surface area (Å²) in [6.45, 7) is 1.58. The average Bonchev–Trinajstić information content (AvgIpc) is 2.93. The van der Waals surface area contributed by atoms with Crippen molar-refractivity contribution in [3.05, 3.63) is 0 Å². The summed E-state index contributed by atoms with van der Waals surface area (Å²) in [6.07, 6.45) is -52.0. The summed E-state index contributed by atoms with van der Waals surface area (Å²) >= 11 is 0. The van der Waals surface area contributed by atoms with Gasteiger partial charge in [-0.05, 0) is 38.8 Å². The first kappa shape index (κ1) is 65.0. The predicted octanol–water partition coefficient (Wildman–Crippen LogP) is 16.7. The summed E-state index contributed by atoms with van der Waals surface area (Å²) in [5.41, 5.74) is 0. The molecule has 0 aliphatic rings. The fourth-order valence-corrected chi connectivity index (χ4v) is 10.2. The quantitative estimate of drug-likeness (QED) is 0.0494. The second kappa shape index (κ2) is 21.8. The van der Waals surface area contributed by atoms with Gasteiger partial charge in [0.05, 0.1) is 64.2 Å². The Morgan fingerprint density at radius 2 is 0.448 bits per heavy atom. The molecule has 0 amide bonds. The van der Waals surface area contributed by atoms with Crippen molar-refractivity contribution in [3.63, 3.8) is 0 Å². The molecule has 67 heavy (non-hydrogen) atoms. The van der Waals surface area contributed by atoms with Crippen LogP contribution in [0.1, 0.15) is 104 Å². The van der Waals surface area contributed by atoms with Crippen molar-refractivity contribution in [2.24, 2.45) is 0 Å². The number of alkyl halides is 30. The summed E-state index contributed by atoms with van der Waals surface area (Å²) in [6, 6.07) is -1.54. The third-order valence-electron chi connectivity index (χ3n) is 8.94. The molecular weight excluding hydrogens is 1040 g/mol. The lowest BCUT2D eigenvalue weighted by molar-refractivity contribution is -0.304. The minimum atomic E-state index is -6.71. The number of hydrogen-bond acceptors (Lipinski definition) is 2. The Labute approximate surface area is 362 Å². The van der Waals surface area contributed by atoms with Gasteiger partial charge in [-0.15, -0.1) is 0 Å². The summed E-state index contributed by atoms with van der Waals surface area (Å²) < 4.78 is 419. The lowest BCUT2D eigenvalue weighted by atomic mass is 9.94. The van der Waals surface area contributed by atoms with Gasteiger partial charge in [-0.3, -0.25) is 0 Å². The summed E-state index contributed by atoms with van der Waals surface area (Å²) in [7, 11) is -4.12. The topological polar surface area (TPSA) is 18.5 Å². The Morgan fingerprint density at radius 1 is 0.269 bits per heavy atom. The predicted molar refractivity (Wildman–Crippen MR) is 175 cm³/mol. The Balaban J connectivity index is 5.68. The minimum Gasteiger partial charge on any atom is -0.394 e. The molecule has 0 atom stereocenters. The van der Waals surface area contributed by atoms with Gasteiger partial charge in [0.25, 0.3) is 59.2 Å². The molecule has 33 heteroatoms. The molecule has 0 aromatic heterocycles. The monoisotopic (exact) mass is 1080 g/mol. The van der Waals surface area contributed by atoms with Crippen molar-refractivity contribution in [3.8, 4) is 0 Å². The van der Waals surface area contributed by atoms with E-state index in [2.05, 4.69) is 0 Å². The maximum atomic E-state index is 14.6. The van der Waals surface area contributed by atoms with Crippen molar-refractivity contribution in [2.75, 3.05) is 13.2 Å². The van der Waals surface area contributed by atoms with E-state index < -0.39 is 207 Å². The lowest BCUT2D eigenvalue weighted by Crippen LogP contribution is -2.45. The average molecular weight is 1080 g/mol. The van der Waals surface area contributed by atoms with Gasteiger partial charge in [0.2, 0.25) is 0 Å². The van der Waals surface area contributed by atoms with E-state index in [1.807, 2.05) is 0 Å². The van der Waals surface area contributed by atoms with E-state index in [4.69, 9.17) is 8.85 Å². The first-order valence-corrected chi connectivity index (χ1v) is 21.3. The Bertz CT molecular complexity index is 1400. The number of hydrogen-bond donors (Lipinski definition) is 0. The van der Waals surface area contributed by atoms with Gasteiger partial charge in [0.1, 0.15) is 0 Å². The van der Waals surface area contributed by atoms with Crippen LogP contribution in [0.25, 0.3) is 0 Å². The SMILES string of the molecule is CCO[Si](CCCC(F)(F)CC(F)(F)CC(F)(F)CC(F)(F)CC(F)(F)CC(F)(F)C(F)(F)F)(CCCC(F)(F)CC(F)(F)CC(F)(F)CC(F)(F)CC(F)(F)CC(F)(F)C(F)(F)F)OCC. The number of rotatable bonds is 32. The van der Waals surface area contributed by atoms with Crippen LogP contribution in [0.4, 0.5) is 132 Å². The smallest absolute Gasteiger partial charge is 0.394 e. The van der Waals surface area contributed by atoms with Crippen LogP contribution in [0, 0.1) is 0 Å². The summed E-state index contributed by atoms with van der Waals surface area (Å²) in [4.78, 5) is 0. The third kappa shape index (κ3) is 24.6. The van der Waals surface area contributed by atoms with Gasteiger partial charge >= 0.3 is 32.8 Å². The molecule has 0 rings (SSSR count). The zero-order chi connectivity index (χ0) is 53.6. The van der Waals surface area contributed by atoms with Crippen LogP contribution in [-0.4, -0.2) is 105 Å². The highest BCUT2D eigenvalue weighted by atomic mass is 28.4. The van der Waals surface area contributed by atoms with Crippen molar-refractivity contribution in [1.29, 1.82) is 0 Å². The van der Waals surface area contributed by atoms with Crippen molar-refractivity contribution in [1.82, 2.24) is 0 Å². The molecule has 0 saturated carbocycles. The van der Waals surface area contributed by atoms with Crippen molar-refractivity contribution in [2.45, 2.75) is 199 Å². The lowest BCUT2D eigenvalue weighted by Gasteiger charge is -2.32. The van der Waals surface area contributed by atoms with Gasteiger partial charge in [0.15, 0.2) is 0 Å². The van der Waals surface area contributed by atoms with Crippen molar-refractivity contribution >= 4 is 8.56 Å². The molecule has 0 aliphatic heterocycles. The van der Waals surface area contributed by atoms with Gasteiger partial charge in [0, 0.05) is 26.1 Å². The van der Waals surface area contributed by atoms with Crippen LogP contribution in [0.15, 0.2) is 0 Å². The van der Waals surface area contributed by atoms with Crippen LogP contribution in [0.2, 0.25) is 12.1 Å². The Morgan fingerprint density at radius 3 is 0.627 bits per heavy atom. The Kier molecular flexibility index (Phi) is 21.2. The first-order valence-electron chi connectivity index (χ1n) is 19.1. The molecule has 0 saturated heterocycles. The standard InChI is InChI=1S/C34H42F30O2Si/c1-3-65-67(66-4-2,9-5-7-21(35,36)11-23(39,40)13-25(43,44)15-27(47,48)17-29(51,52)19-31(55,56)33(59,60)61)10-6-8-22(37,38)12-24(41,42)14-26(45,46)16-28(49,50)18-30(53,54)20-32(57,58)34(62,63)64/h3-20H2,1-2H3. The van der Waals surface area contributed by atoms with Crippen LogP contribution in [0.3, 0.4) is 0 Å². The zero-order valence-corrected chi connectivity index (χ0v) is 35.4.